The Labute approximate surface area is 154 Å². The molecule has 7 heteroatoms. The highest BCUT2D eigenvalue weighted by atomic mass is 16.5. The van der Waals surface area contributed by atoms with Crippen LogP contribution in [0.15, 0.2) is 29.4 Å². The first-order valence-corrected chi connectivity index (χ1v) is 9.56. The molecule has 0 radical (unpaired) electrons. The highest BCUT2D eigenvalue weighted by molar-refractivity contribution is 5.80. The SMILES string of the molecule is CCNC(=NCCc1nnc2ccccn12)NC1C2CCOC2C1(C)C. The van der Waals surface area contributed by atoms with E-state index in [1.165, 1.54) is 0 Å². The van der Waals surface area contributed by atoms with Crippen LogP contribution in [0.25, 0.3) is 5.65 Å². The van der Waals surface area contributed by atoms with Gasteiger partial charge in [0, 0.05) is 49.7 Å². The summed E-state index contributed by atoms with van der Waals surface area (Å²) in [6.45, 7) is 9.05. The normalized spacial score (nSPS) is 27.2. The van der Waals surface area contributed by atoms with Crippen LogP contribution in [0, 0.1) is 11.3 Å². The molecule has 4 rings (SSSR count). The molecule has 1 saturated carbocycles. The Kier molecular flexibility index (Phi) is 4.56. The second-order valence-corrected chi connectivity index (χ2v) is 7.74. The molecule has 2 aromatic heterocycles. The molecule has 2 N–H and O–H groups in total. The van der Waals surface area contributed by atoms with Crippen LogP contribution in [0.5, 0.6) is 0 Å². The summed E-state index contributed by atoms with van der Waals surface area (Å²) >= 11 is 0. The molecule has 2 aliphatic rings. The Morgan fingerprint density at radius 1 is 1.38 bits per heavy atom. The van der Waals surface area contributed by atoms with Gasteiger partial charge in [-0.25, -0.2) is 0 Å². The Morgan fingerprint density at radius 3 is 3.12 bits per heavy atom. The van der Waals surface area contributed by atoms with Crippen molar-refractivity contribution in [3.05, 3.63) is 30.2 Å². The zero-order valence-corrected chi connectivity index (χ0v) is 15.8. The fraction of sp³-hybridized carbons (Fsp3) is 0.632. The number of pyridine rings is 1. The topological polar surface area (TPSA) is 75.8 Å². The zero-order valence-electron chi connectivity index (χ0n) is 15.8. The number of hydrogen-bond donors (Lipinski definition) is 2. The number of hydrogen-bond acceptors (Lipinski definition) is 4. The van der Waals surface area contributed by atoms with E-state index in [0.717, 1.165) is 43.4 Å². The zero-order chi connectivity index (χ0) is 18.1. The standard InChI is InChI=1S/C19H28N6O/c1-4-20-18(22-16-13-9-12-26-17(13)19(16,2)3)21-10-8-15-24-23-14-7-5-6-11-25(14)15/h5-7,11,13,16-17H,4,8-10,12H2,1-3H3,(H2,20,21,22). The molecular formula is C19H28N6O. The van der Waals surface area contributed by atoms with Crippen molar-refractivity contribution >= 4 is 11.6 Å². The number of aliphatic imine (C=N–C) groups is 1. The number of aromatic nitrogens is 3. The maximum Gasteiger partial charge on any atom is 0.191 e. The molecular weight excluding hydrogens is 328 g/mol. The Hall–Kier alpha value is -2.15. The highest BCUT2D eigenvalue weighted by Gasteiger charge is 2.59. The van der Waals surface area contributed by atoms with Crippen molar-refractivity contribution in [3.8, 4) is 0 Å². The van der Waals surface area contributed by atoms with Crippen molar-refractivity contribution in [3.63, 3.8) is 0 Å². The number of fused-ring (bicyclic) bond motifs is 2. The van der Waals surface area contributed by atoms with Crippen molar-refractivity contribution in [2.45, 2.75) is 45.8 Å². The van der Waals surface area contributed by atoms with Gasteiger partial charge in [-0.3, -0.25) is 9.39 Å². The first-order chi connectivity index (χ1) is 12.6. The Morgan fingerprint density at radius 2 is 2.27 bits per heavy atom. The van der Waals surface area contributed by atoms with Gasteiger partial charge in [-0.15, -0.1) is 10.2 Å². The summed E-state index contributed by atoms with van der Waals surface area (Å²) in [6.07, 6.45) is 4.27. The third-order valence-corrected chi connectivity index (χ3v) is 5.73. The lowest BCUT2D eigenvalue weighted by molar-refractivity contribution is -0.106. The van der Waals surface area contributed by atoms with Crippen molar-refractivity contribution in [1.29, 1.82) is 0 Å². The summed E-state index contributed by atoms with van der Waals surface area (Å²) < 4.78 is 7.91. The van der Waals surface area contributed by atoms with Crippen LogP contribution in [0.1, 0.15) is 33.0 Å². The number of nitrogens with one attached hydrogen (secondary N) is 2. The smallest absolute Gasteiger partial charge is 0.191 e. The van der Waals surface area contributed by atoms with Gasteiger partial charge < -0.3 is 15.4 Å². The first-order valence-electron chi connectivity index (χ1n) is 9.56. The molecule has 1 saturated heterocycles. The van der Waals surface area contributed by atoms with E-state index in [0.29, 0.717) is 24.6 Å². The van der Waals surface area contributed by atoms with Gasteiger partial charge >= 0.3 is 0 Å². The maximum absolute atomic E-state index is 5.89. The van der Waals surface area contributed by atoms with E-state index in [4.69, 9.17) is 9.73 Å². The lowest BCUT2D eigenvalue weighted by atomic mass is 9.57. The molecule has 0 spiro atoms. The van der Waals surface area contributed by atoms with E-state index in [-0.39, 0.29) is 5.41 Å². The average Bonchev–Trinajstić information content (AvgIpc) is 3.25. The van der Waals surface area contributed by atoms with Crippen molar-refractivity contribution in [2.24, 2.45) is 16.3 Å². The van der Waals surface area contributed by atoms with E-state index in [9.17, 15) is 0 Å². The van der Waals surface area contributed by atoms with Gasteiger partial charge in [-0.1, -0.05) is 19.9 Å². The monoisotopic (exact) mass is 356 g/mol. The number of rotatable bonds is 5. The fourth-order valence-electron chi connectivity index (χ4n) is 4.41. The van der Waals surface area contributed by atoms with E-state index in [1.807, 2.05) is 28.8 Å². The van der Waals surface area contributed by atoms with Gasteiger partial charge in [0.25, 0.3) is 0 Å². The fourth-order valence-corrected chi connectivity index (χ4v) is 4.41. The van der Waals surface area contributed by atoms with Crippen molar-refractivity contribution in [1.82, 2.24) is 25.2 Å². The van der Waals surface area contributed by atoms with Gasteiger partial charge in [0.2, 0.25) is 0 Å². The maximum atomic E-state index is 5.89. The molecule has 0 amide bonds. The third kappa shape index (κ3) is 2.94. The van der Waals surface area contributed by atoms with Crippen molar-refractivity contribution in [2.75, 3.05) is 19.7 Å². The van der Waals surface area contributed by atoms with E-state index >= 15 is 0 Å². The second-order valence-electron chi connectivity index (χ2n) is 7.74. The number of ether oxygens (including phenoxy) is 1. The molecule has 26 heavy (non-hydrogen) atoms. The summed E-state index contributed by atoms with van der Waals surface area (Å²) in [5.41, 5.74) is 1.01. The van der Waals surface area contributed by atoms with Gasteiger partial charge in [-0.05, 0) is 25.5 Å². The molecule has 2 fully saturated rings. The molecule has 3 atom stereocenters. The molecule has 2 aromatic rings. The number of nitrogens with zero attached hydrogens (tertiary/aromatic N) is 4. The summed E-state index contributed by atoms with van der Waals surface area (Å²) in [6, 6.07) is 6.33. The van der Waals surface area contributed by atoms with Crippen LogP contribution in [-0.4, -0.2) is 52.4 Å². The van der Waals surface area contributed by atoms with Gasteiger partial charge in [0.15, 0.2) is 11.6 Å². The van der Waals surface area contributed by atoms with Crippen LogP contribution in [0.2, 0.25) is 0 Å². The second kappa shape index (κ2) is 6.87. The Balaban J connectivity index is 1.41. The summed E-state index contributed by atoms with van der Waals surface area (Å²) in [5.74, 6) is 2.41. The van der Waals surface area contributed by atoms with Gasteiger partial charge in [-0.2, -0.15) is 0 Å². The summed E-state index contributed by atoms with van der Waals surface area (Å²) in [5, 5.41) is 15.5. The van der Waals surface area contributed by atoms with E-state index in [1.54, 1.807) is 0 Å². The molecule has 1 aliphatic heterocycles. The molecule has 0 aromatic carbocycles. The van der Waals surface area contributed by atoms with Crippen molar-refractivity contribution < 1.29 is 4.74 Å². The van der Waals surface area contributed by atoms with E-state index < -0.39 is 0 Å². The lowest BCUT2D eigenvalue weighted by Gasteiger charge is -2.54. The van der Waals surface area contributed by atoms with Gasteiger partial charge in [0.1, 0.15) is 5.82 Å². The summed E-state index contributed by atoms with van der Waals surface area (Å²) in [7, 11) is 0. The summed E-state index contributed by atoms with van der Waals surface area (Å²) in [4.78, 5) is 4.77. The first kappa shape index (κ1) is 17.3. The molecule has 1 aliphatic carbocycles. The minimum atomic E-state index is 0.139. The predicted octanol–water partition coefficient (Wildman–Crippen LogP) is 1.64. The number of guanidine groups is 1. The molecule has 0 bridgehead atoms. The largest absolute Gasteiger partial charge is 0.377 e. The van der Waals surface area contributed by atoms with Crippen LogP contribution in [0.3, 0.4) is 0 Å². The van der Waals surface area contributed by atoms with Crippen LogP contribution in [0.4, 0.5) is 0 Å². The highest BCUT2D eigenvalue weighted by Crippen LogP contribution is 2.52. The molecule has 3 heterocycles. The molecule has 7 nitrogen and oxygen atoms in total. The molecule has 140 valence electrons. The average molecular weight is 356 g/mol. The van der Waals surface area contributed by atoms with Crippen LogP contribution in [-0.2, 0) is 11.2 Å². The van der Waals surface area contributed by atoms with Crippen LogP contribution >= 0.6 is 0 Å². The predicted molar refractivity (Wildman–Crippen MR) is 101 cm³/mol. The Bertz CT molecular complexity index is 798. The van der Waals surface area contributed by atoms with Gasteiger partial charge in [0.05, 0.1) is 6.10 Å². The van der Waals surface area contributed by atoms with E-state index in [2.05, 4.69) is 41.6 Å². The lowest BCUT2D eigenvalue weighted by Crippen LogP contribution is -2.68. The minimum absolute atomic E-state index is 0.139. The molecule has 3 unspecified atom stereocenters. The van der Waals surface area contributed by atoms with Crippen LogP contribution < -0.4 is 10.6 Å². The quantitative estimate of drug-likeness (QED) is 0.629. The minimum Gasteiger partial charge on any atom is -0.377 e. The third-order valence-electron chi connectivity index (χ3n) is 5.73.